The van der Waals surface area contributed by atoms with Crippen molar-refractivity contribution < 1.29 is 28.3 Å². The van der Waals surface area contributed by atoms with Gasteiger partial charge in [0.1, 0.15) is 25.0 Å². The summed E-state index contributed by atoms with van der Waals surface area (Å²) in [6.07, 6.45) is 2.51. The monoisotopic (exact) mass is 379 g/mol. The van der Waals surface area contributed by atoms with Crippen LogP contribution in [0.3, 0.4) is 0 Å². The van der Waals surface area contributed by atoms with Crippen LogP contribution in [0.5, 0.6) is 0 Å². The van der Waals surface area contributed by atoms with Crippen molar-refractivity contribution in [2.24, 2.45) is 11.7 Å². The minimum atomic E-state index is -1.19. The predicted molar refractivity (Wildman–Crippen MR) is 94.5 cm³/mol. The van der Waals surface area contributed by atoms with Gasteiger partial charge >= 0.3 is 0 Å². The lowest BCUT2D eigenvalue weighted by atomic mass is 10.0. The molecule has 0 radical (unpaired) electrons. The number of likely N-dealkylation sites (N-methyl/N-ethyl adjacent to an activating group) is 1. The Kier molecular flexibility index (Phi) is 6.73. The van der Waals surface area contributed by atoms with Crippen LogP contribution in [0.2, 0.25) is 0 Å². The number of hydrogen-bond donors (Lipinski definition) is 2. The first-order valence-electron chi connectivity index (χ1n) is 8.75. The van der Waals surface area contributed by atoms with E-state index in [2.05, 4.69) is 5.32 Å². The lowest BCUT2D eigenvalue weighted by molar-refractivity contribution is -0.141. The SMILES string of the molecule is CC(C)CC[C@H](NC(=O)c1ccoc1)C(=O)N(C)C1C(=O)COC1C(N)=O. The van der Waals surface area contributed by atoms with Crippen LogP contribution in [0.25, 0.3) is 0 Å². The van der Waals surface area contributed by atoms with Crippen LogP contribution in [0.4, 0.5) is 0 Å². The van der Waals surface area contributed by atoms with Gasteiger partial charge in [-0.15, -0.1) is 0 Å². The van der Waals surface area contributed by atoms with Gasteiger partial charge in [-0.25, -0.2) is 0 Å². The van der Waals surface area contributed by atoms with E-state index in [1.165, 1.54) is 25.6 Å². The number of carbonyl (C=O) groups is 4. The van der Waals surface area contributed by atoms with Crippen molar-refractivity contribution in [3.8, 4) is 0 Å². The van der Waals surface area contributed by atoms with E-state index < -0.39 is 41.7 Å². The molecule has 1 aliphatic heterocycles. The van der Waals surface area contributed by atoms with Gasteiger partial charge in [0.25, 0.3) is 5.91 Å². The zero-order valence-corrected chi connectivity index (χ0v) is 15.6. The van der Waals surface area contributed by atoms with Gasteiger partial charge in [0.2, 0.25) is 11.8 Å². The van der Waals surface area contributed by atoms with E-state index in [9.17, 15) is 19.2 Å². The van der Waals surface area contributed by atoms with Gasteiger partial charge in [0.15, 0.2) is 11.9 Å². The standard InChI is InChI=1S/C18H25N3O6/c1-10(2)4-5-12(20-17(24)11-6-7-26-8-11)18(25)21(3)14-13(22)9-27-15(14)16(19)23/h6-8,10,12,14-15H,4-5,9H2,1-3H3,(H2,19,23)(H,20,24)/t12-,14?,15?/m0/s1. The molecule has 2 rings (SSSR count). The van der Waals surface area contributed by atoms with Crippen molar-refractivity contribution in [1.82, 2.24) is 10.2 Å². The normalized spacial score (nSPS) is 20.5. The van der Waals surface area contributed by atoms with E-state index in [0.29, 0.717) is 18.8 Å². The molecule has 2 unspecified atom stereocenters. The fourth-order valence-electron chi connectivity index (χ4n) is 2.95. The number of carbonyl (C=O) groups excluding carboxylic acids is 4. The van der Waals surface area contributed by atoms with E-state index in [1.54, 1.807) is 0 Å². The molecule has 1 saturated heterocycles. The van der Waals surface area contributed by atoms with Gasteiger partial charge in [-0.05, 0) is 24.8 Å². The smallest absolute Gasteiger partial charge is 0.255 e. The summed E-state index contributed by atoms with van der Waals surface area (Å²) in [6.45, 7) is 3.72. The molecule has 1 aromatic heterocycles. The number of ketones is 1. The Balaban J connectivity index is 2.17. The fourth-order valence-corrected chi connectivity index (χ4v) is 2.95. The van der Waals surface area contributed by atoms with Crippen molar-refractivity contribution in [3.63, 3.8) is 0 Å². The maximum Gasteiger partial charge on any atom is 0.255 e. The maximum absolute atomic E-state index is 13.0. The Bertz CT molecular complexity index is 700. The molecule has 3 N–H and O–H groups in total. The van der Waals surface area contributed by atoms with Crippen LogP contribution in [0.15, 0.2) is 23.0 Å². The number of nitrogens with one attached hydrogen (secondary N) is 1. The molecule has 0 spiro atoms. The highest BCUT2D eigenvalue weighted by Gasteiger charge is 2.45. The van der Waals surface area contributed by atoms with E-state index in [4.69, 9.17) is 14.9 Å². The zero-order chi connectivity index (χ0) is 20.1. The van der Waals surface area contributed by atoms with Crippen LogP contribution < -0.4 is 11.1 Å². The highest BCUT2D eigenvalue weighted by atomic mass is 16.5. The van der Waals surface area contributed by atoms with Crippen LogP contribution in [0, 0.1) is 5.92 Å². The molecule has 3 atom stereocenters. The topological polar surface area (TPSA) is 132 Å². The highest BCUT2D eigenvalue weighted by molar-refractivity contribution is 6.00. The molecule has 9 nitrogen and oxygen atoms in total. The number of hydrogen-bond acceptors (Lipinski definition) is 6. The lowest BCUT2D eigenvalue weighted by Gasteiger charge is -2.30. The molecule has 148 valence electrons. The molecule has 0 saturated carbocycles. The second kappa shape index (κ2) is 8.81. The highest BCUT2D eigenvalue weighted by Crippen LogP contribution is 2.18. The minimum Gasteiger partial charge on any atom is -0.472 e. The molecular weight excluding hydrogens is 354 g/mol. The van der Waals surface area contributed by atoms with Crippen molar-refractivity contribution in [2.45, 2.75) is 44.9 Å². The van der Waals surface area contributed by atoms with Gasteiger partial charge in [-0.2, -0.15) is 0 Å². The van der Waals surface area contributed by atoms with Crippen molar-refractivity contribution in [3.05, 3.63) is 24.2 Å². The number of nitrogens with zero attached hydrogens (tertiary/aromatic N) is 1. The first-order valence-corrected chi connectivity index (χ1v) is 8.75. The Morgan fingerprint density at radius 1 is 1.33 bits per heavy atom. The molecule has 3 amide bonds. The van der Waals surface area contributed by atoms with Crippen molar-refractivity contribution in [1.29, 1.82) is 0 Å². The Morgan fingerprint density at radius 3 is 2.59 bits per heavy atom. The number of Topliss-reactive ketones (excluding diaryl/α,β-unsaturated/α-hetero) is 1. The summed E-state index contributed by atoms with van der Waals surface area (Å²) >= 11 is 0. The summed E-state index contributed by atoms with van der Waals surface area (Å²) in [5.74, 6) is -1.85. The van der Waals surface area contributed by atoms with Crippen LogP contribution in [-0.2, 0) is 19.1 Å². The molecule has 0 aromatic carbocycles. The fraction of sp³-hybridized carbons (Fsp3) is 0.556. The minimum absolute atomic E-state index is 0.284. The molecule has 2 heterocycles. The summed E-state index contributed by atoms with van der Waals surface area (Å²) in [7, 11) is 1.40. The second-order valence-corrected chi connectivity index (χ2v) is 7.00. The van der Waals surface area contributed by atoms with Gasteiger partial charge in [0.05, 0.1) is 11.8 Å². The molecule has 1 fully saturated rings. The van der Waals surface area contributed by atoms with Gasteiger partial charge < -0.3 is 25.1 Å². The lowest BCUT2D eigenvalue weighted by Crippen LogP contribution is -2.56. The second-order valence-electron chi connectivity index (χ2n) is 7.00. The van der Waals surface area contributed by atoms with E-state index in [1.807, 2.05) is 13.8 Å². The summed E-state index contributed by atoms with van der Waals surface area (Å²) in [6, 6.07) is -0.468. The molecule has 1 aromatic rings. The number of rotatable bonds is 8. The Labute approximate surface area is 157 Å². The first-order chi connectivity index (χ1) is 12.7. The Morgan fingerprint density at radius 2 is 2.04 bits per heavy atom. The predicted octanol–water partition coefficient (Wildman–Crippen LogP) is 0.0944. The van der Waals surface area contributed by atoms with E-state index in [-0.39, 0.29) is 12.2 Å². The van der Waals surface area contributed by atoms with Crippen LogP contribution >= 0.6 is 0 Å². The summed E-state index contributed by atoms with van der Waals surface area (Å²) in [5.41, 5.74) is 5.56. The molecule has 1 aliphatic rings. The van der Waals surface area contributed by atoms with Crippen LogP contribution in [0.1, 0.15) is 37.0 Å². The number of nitrogens with two attached hydrogens (primary N) is 1. The van der Waals surface area contributed by atoms with Gasteiger partial charge in [-0.1, -0.05) is 13.8 Å². The molecular formula is C18H25N3O6. The number of amides is 3. The maximum atomic E-state index is 13.0. The molecule has 0 bridgehead atoms. The number of furan rings is 1. The van der Waals surface area contributed by atoms with Gasteiger partial charge in [0, 0.05) is 7.05 Å². The van der Waals surface area contributed by atoms with E-state index >= 15 is 0 Å². The summed E-state index contributed by atoms with van der Waals surface area (Å²) in [5, 5.41) is 2.68. The summed E-state index contributed by atoms with van der Waals surface area (Å²) < 4.78 is 10.0. The third-order valence-corrected chi connectivity index (χ3v) is 4.49. The van der Waals surface area contributed by atoms with Crippen LogP contribution in [-0.4, -0.2) is 60.2 Å². The molecule has 9 heteroatoms. The molecule has 27 heavy (non-hydrogen) atoms. The number of ether oxygens (including phenoxy) is 1. The quantitative estimate of drug-likeness (QED) is 0.658. The van der Waals surface area contributed by atoms with Crippen molar-refractivity contribution in [2.75, 3.05) is 13.7 Å². The van der Waals surface area contributed by atoms with Crippen molar-refractivity contribution >= 4 is 23.5 Å². The average molecular weight is 379 g/mol. The molecule has 0 aliphatic carbocycles. The largest absolute Gasteiger partial charge is 0.472 e. The summed E-state index contributed by atoms with van der Waals surface area (Å²) in [4.78, 5) is 50.1. The third-order valence-electron chi connectivity index (χ3n) is 4.49. The Hall–Kier alpha value is -2.68. The van der Waals surface area contributed by atoms with E-state index in [0.717, 1.165) is 4.90 Å². The van der Waals surface area contributed by atoms with Gasteiger partial charge in [-0.3, -0.25) is 19.2 Å². The average Bonchev–Trinajstić information content (AvgIpc) is 3.26. The zero-order valence-electron chi connectivity index (χ0n) is 15.6. The first kappa shape index (κ1) is 20.6. The third kappa shape index (κ3) is 4.94. The number of primary amides is 1.